The number of hydrogen-bond acceptors (Lipinski definition) is 6. The van der Waals surface area contributed by atoms with Crippen molar-refractivity contribution in [3.63, 3.8) is 0 Å². The number of carbonyl (C=O) groups is 2. The van der Waals surface area contributed by atoms with Crippen LogP contribution in [-0.2, 0) is 22.6 Å². The van der Waals surface area contributed by atoms with Gasteiger partial charge in [0.1, 0.15) is 5.75 Å². The van der Waals surface area contributed by atoms with Gasteiger partial charge in [0.05, 0.1) is 19.2 Å². The van der Waals surface area contributed by atoms with Gasteiger partial charge in [0.15, 0.2) is 5.13 Å². The number of carbonyl (C=O) groups excluding carboxylic acids is 2. The largest absolute Gasteiger partial charge is 0.497 e. The maximum absolute atomic E-state index is 12.6. The van der Waals surface area contributed by atoms with Gasteiger partial charge in [-0.05, 0) is 17.7 Å². The van der Waals surface area contributed by atoms with Crippen LogP contribution in [0.4, 0.5) is 5.13 Å². The number of anilines is 1. The molecule has 7 nitrogen and oxygen atoms in total. The molecule has 2 aromatic rings. The quantitative estimate of drug-likeness (QED) is 0.751. The molecule has 0 unspecified atom stereocenters. The highest BCUT2D eigenvalue weighted by atomic mass is 32.1. The molecule has 1 N–H and O–H groups in total. The molecule has 3 rings (SSSR count). The molecule has 1 aliphatic rings. The van der Waals surface area contributed by atoms with Crippen molar-refractivity contribution in [3.8, 4) is 5.75 Å². The SMILES string of the molecule is COc1ccc(CN2CCN(C(=O)Cc3csc(NC(=O)C(C)C)n3)CC2)cc1. The lowest BCUT2D eigenvalue weighted by atomic mass is 10.2. The fourth-order valence-corrected chi connectivity index (χ4v) is 3.82. The summed E-state index contributed by atoms with van der Waals surface area (Å²) in [6.07, 6.45) is 0.270. The summed E-state index contributed by atoms with van der Waals surface area (Å²) in [4.78, 5) is 33.0. The van der Waals surface area contributed by atoms with Crippen molar-refractivity contribution in [1.82, 2.24) is 14.8 Å². The lowest BCUT2D eigenvalue weighted by molar-refractivity contribution is -0.132. The van der Waals surface area contributed by atoms with Crippen molar-refractivity contribution in [2.24, 2.45) is 5.92 Å². The fraction of sp³-hybridized carbons (Fsp3) is 0.476. The molecule has 1 aliphatic heterocycles. The minimum atomic E-state index is -0.0989. The standard InChI is InChI=1S/C21H28N4O3S/c1-15(2)20(27)23-21-22-17(14-29-21)12-19(26)25-10-8-24(9-11-25)13-16-4-6-18(28-3)7-5-16/h4-7,14-15H,8-13H2,1-3H3,(H,22,23,27). The number of ether oxygens (including phenoxy) is 1. The highest BCUT2D eigenvalue weighted by Crippen LogP contribution is 2.18. The number of rotatable bonds is 7. The Hall–Kier alpha value is -2.45. The van der Waals surface area contributed by atoms with Crippen molar-refractivity contribution < 1.29 is 14.3 Å². The Morgan fingerprint density at radius 3 is 2.48 bits per heavy atom. The van der Waals surface area contributed by atoms with Gasteiger partial charge in [-0.25, -0.2) is 4.98 Å². The van der Waals surface area contributed by atoms with Gasteiger partial charge in [0.2, 0.25) is 11.8 Å². The Morgan fingerprint density at radius 1 is 1.17 bits per heavy atom. The molecular weight excluding hydrogens is 388 g/mol. The molecule has 0 radical (unpaired) electrons. The van der Waals surface area contributed by atoms with Gasteiger partial charge in [-0.1, -0.05) is 26.0 Å². The third-order valence-electron chi connectivity index (χ3n) is 4.93. The van der Waals surface area contributed by atoms with E-state index in [9.17, 15) is 9.59 Å². The predicted octanol–water partition coefficient (Wildman–Crippen LogP) is 2.63. The number of amides is 2. The molecule has 0 saturated carbocycles. The second-order valence-electron chi connectivity index (χ2n) is 7.47. The Kier molecular flexibility index (Phi) is 7.22. The Balaban J connectivity index is 1.45. The zero-order chi connectivity index (χ0) is 20.8. The number of piperazine rings is 1. The molecule has 1 aromatic heterocycles. The van der Waals surface area contributed by atoms with Crippen LogP contribution in [0.1, 0.15) is 25.1 Å². The third kappa shape index (κ3) is 6.01. The van der Waals surface area contributed by atoms with E-state index in [2.05, 4.69) is 27.3 Å². The van der Waals surface area contributed by atoms with E-state index in [1.807, 2.05) is 36.3 Å². The lowest BCUT2D eigenvalue weighted by Gasteiger charge is -2.34. The lowest BCUT2D eigenvalue weighted by Crippen LogP contribution is -2.48. The predicted molar refractivity (Wildman–Crippen MR) is 114 cm³/mol. The molecular formula is C21H28N4O3S. The maximum atomic E-state index is 12.6. The number of nitrogens with one attached hydrogen (secondary N) is 1. The van der Waals surface area contributed by atoms with Gasteiger partial charge in [0, 0.05) is 44.0 Å². The zero-order valence-electron chi connectivity index (χ0n) is 17.2. The van der Waals surface area contributed by atoms with Gasteiger partial charge in [-0.2, -0.15) is 0 Å². The molecule has 1 saturated heterocycles. The first-order valence-electron chi connectivity index (χ1n) is 9.83. The van der Waals surface area contributed by atoms with E-state index in [-0.39, 0.29) is 24.2 Å². The topological polar surface area (TPSA) is 74.8 Å². The van der Waals surface area contributed by atoms with Crippen LogP contribution in [0, 0.1) is 5.92 Å². The maximum Gasteiger partial charge on any atom is 0.228 e. The van der Waals surface area contributed by atoms with E-state index in [0.29, 0.717) is 10.8 Å². The van der Waals surface area contributed by atoms with Gasteiger partial charge in [0.25, 0.3) is 0 Å². The summed E-state index contributed by atoms with van der Waals surface area (Å²) in [7, 11) is 1.67. The van der Waals surface area contributed by atoms with E-state index < -0.39 is 0 Å². The number of hydrogen-bond donors (Lipinski definition) is 1. The first-order chi connectivity index (χ1) is 13.9. The van der Waals surface area contributed by atoms with E-state index in [0.717, 1.165) is 38.5 Å². The number of thiazole rings is 1. The Bertz CT molecular complexity index is 827. The fourth-order valence-electron chi connectivity index (χ4n) is 3.11. The van der Waals surface area contributed by atoms with Crippen LogP contribution in [0.15, 0.2) is 29.6 Å². The summed E-state index contributed by atoms with van der Waals surface area (Å²) in [5, 5.41) is 5.17. The molecule has 1 fully saturated rings. The van der Waals surface area contributed by atoms with Gasteiger partial charge in [-0.3, -0.25) is 14.5 Å². The summed E-state index contributed by atoms with van der Waals surface area (Å²) < 4.78 is 5.20. The van der Waals surface area contributed by atoms with E-state index in [1.165, 1.54) is 16.9 Å². The van der Waals surface area contributed by atoms with E-state index in [4.69, 9.17) is 4.74 Å². The monoisotopic (exact) mass is 416 g/mol. The summed E-state index contributed by atoms with van der Waals surface area (Å²) in [6, 6.07) is 8.10. The van der Waals surface area contributed by atoms with Crippen molar-refractivity contribution in [2.45, 2.75) is 26.8 Å². The van der Waals surface area contributed by atoms with Crippen molar-refractivity contribution >= 4 is 28.3 Å². The molecule has 8 heteroatoms. The van der Waals surface area contributed by atoms with Crippen molar-refractivity contribution in [2.75, 3.05) is 38.6 Å². The van der Waals surface area contributed by atoms with Gasteiger partial charge >= 0.3 is 0 Å². The summed E-state index contributed by atoms with van der Waals surface area (Å²) >= 11 is 1.36. The van der Waals surface area contributed by atoms with Crippen LogP contribution >= 0.6 is 11.3 Å². The highest BCUT2D eigenvalue weighted by Gasteiger charge is 2.22. The molecule has 156 valence electrons. The number of methoxy groups -OCH3 is 1. The third-order valence-corrected chi connectivity index (χ3v) is 5.74. The van der Waals surface area contributed by atoms with Crippen LogP contribution in [0.2, 0.25) is 0 Å². The molecule has 29 heavy (non-hydrogen) atoms. The molecule has 0 atom stereocenters. The molecule has 0 aliphatic carbocycles. The number of benzene rings is 1. The normalized spacial score (nSPS) is 14.8. The first kappa shape index (κ1) is 21.3. The van der Waals surface area contributed by atoms with Crippen LogP contribution in [0.3, 0.4) is 0 Å². The Morgan fingerprint density at radius 2 is 1.86 bits per heavy atom. The average molecular weight is 417 g/mol. The zero-order valence-corrected chi connectivity index (χ0v) is 18.0. The van der Waals surface area contributed by atoms with Gasteiger partial charge < -0.3 is 15.0 Å². The molecule has 2 amide bonds. The number of aromatic nitrogens is 1. The molecule has 0 spiro atoms. The minimum absolute atomic E-state index is 0.0646. The van der Waals surface area contributed by atoms with Crippen molar-refractivity contribution in [3.05, 3.63) is 40.9 Å². The average Bonchev–Trinajstić information content (AvgIpc) is 3.15. The highest BCUT2D eigenvalue weighted by molar-refractivity contribution is 7.13. The van der Waals surface area contributed by atoms with Crippen LogP contribution in [0.5, 0.6) is 5.75 Å². The first-order valence-corrected chi connectivity index (χ1v) is 10.7. The second kappa shape index (κ2) is 9.84. The molecule has 2 heterocycles. The summed E-state index contributed by atoms with van der Waals surface area (Å²) in [5.41, 5.74) is 1.95. The van der Waals surface area contributed by atoms with Crippen LogP contribution in [-0.4, -0.2) is 59.9 Å². The molecule has 0 bridgehead atoms. The van der Waals surface area contributed by atoms with Crippen LogP contribution < -0.4 is 10.1 Å². The molecule has 1 aromatic carbocycles. The van der Waals surface area contributed by atoms with Gasteiger partial charge in [-0.15, -0.1) is 11.3 Å². The number of nitrogens with zero attached hydrogens (tertiary/aromatic N) is 3. The van der Waals surface area contributed by atoms with Crippen LogP contribution in [0.25, 0.3) is 0 Å². The van der Waals surface area contributed by atoms with E-state index >= 15 is 0 Å². The smallest absolute Gasteiger partial charge is 0.228 e. The summed E-state index contributed by atoms with van der Waals surface area (Å²) in [5.74, 6) is 0.780. The minimum Gasteiger partial charge on any atom is -0.497 e. The van der Waals surface area contributed by atoms with E-state index in [1.54, 1.807) is 7.11 Å². The summed E-state index contributed by atoms with van der Waals surface area (Å²) in [6.45, 7) is 7.68. The Labute approximate surface area is 175 Å². The van der Waals surface area contributed by atoms with Crippen molar-refractivity contribution in [1.29, 1.82) is 0 Å². The second-order valence-corrected chi connectivity index (χ2v) is 8.33.